The topological polar surface area (TPSA) is 56.7 Å². The van der Waals surface area contributed by atoms with Crippen molar-refractivity contribution in [3.63, 3.8) is 0 Å². The molecule has 0 radical (unpaired) electrons. The summed E-state index contributed by atoms with van der Waals surface area (Å²) in [6.07, 6.45) is 0.523. The van der Waals surface area contributed by atoms with Crippen molar-refractivity contribution in [2.75, 3.05) is 0 Å². The summed E-state index contributed by atoms with van der Waals surface area (Å²) in [5, 5.41) is 4.65. The van der Waals surface area contributed by atoms with Crippen LogP contribution in [0.1, 0.15) is 11.4 Å². The van der Waals surface area contributed by atoms with E-state index in [9.17, 15) is 0 Å². The molecule has 0 aliphatic heterocycles. The summed E-state index contributed by atoms with van der Waals surface area (Å²) in [6.45, 7) is 0. The second-order valence-electron chi connectivity index (χ2n) is 14.4. The average molecular weight is 731 g/mol. The summed E-state index contributed by atoms with van der Waals surface area (Å²) in [5.41, 5.74) is 12.8. The first-order valence-electron chi connectivity index (χ1n) is 19.2. The fourth-order valence-corrected chi connectivity index (χ4v) is 8.25. The minimum Gasteiger partial charge on any atom is -0.456 e. The van der Waals surface area contributed by atoms with Gasteiger partial charge in [0.2, 0.25) is 0 Å². The molecule has 0 unspecified atom stereocenters. The molecule has 3 aromatic heterocycles. The van der Waals surface area contributed by atoms with Crippen molar-refractivity contribution in [2.45, 2.75) is 6.42 Å². The lowest BCUT2D eigenvalue weighted by Gasteiger charge is -2.14. The minimum absolute atomic E-state index is 0.523. The molecule has 0 spiro atoms. The summed E-state index contributed by atoms with van der Waals surface area (Å²) in [4.78, 5) is 15.2. The van der Waals surface area contributed by atoms with Crippen LogP contribution in [0.15, 0.2) is 199 Å². The maximum atomic E-state index is 6.26. The summed E-state index contributed by atoms with van der Waals surface area (Å²) >= 11 is 0. The molecule has 11 rings (SSSR count). The van der Waals surface area contributed by atoms with Gasteiger partial charge in [0, 0.05) is 44.8 Å². The molecular weight excluding hydrogens is 697 g/mol. The van der Waals surface area contributed by atoms with Crippen molar-refractivity contribution < 1.29 is 4.42 Å². The molecular formula is C52H34N4O. The van der Waals surface area contributed by atoms with E-state index >= 15 is 0 Å². The summed E-state index contributed by atoms with van der Waals surface area (Å²) in [6, 6.07) is 67.8. The first-order valence-corrected chi connectivity index (χ1v) is 19.2. The molecule has 5 heteroatoms. The van der Waals surface area contributed by atoms with Gasteiger partial charge in [-0.15, -0.1) is 0 Å². The zero-order chi connectivity index (χ0) is 37.7. The number of benzene rings is 8. The summed E-state index contributed by atoms with van der Waals surface area (Å²) < 4.78 is 8.65. The highest BCUT2D eigenvalue weighted by molar-refractivity contribution is 6.15. The monoisotopic (exact) mass is 730 g/mol. The molecule has 5 nitrogen and oxygen atoms in total. The first-order chi connectivity index (χ1) is 28.2. The van der Waals surface area contributed by atoms with Gasteiger partial charge in [-0.05, 0) is 64.2 Å². The van der Waals surface area contributed by atoms with E-state index in [0.29, 0.717) is 23.9 Å². The Kier molecular flexibility index (Phi) is 7.81. The van der Waals surface area contributed by atoms with Gasteiger partial charge < -0.3 is 8.98 Å². The van der Waals surface area contributed by atoms with E-state index in [1.807, 2.05) is 36.4 Å². The highest BCUT2D eigenvalue weighted by Crippen LogP contribution is 2.40. The van der Waals surface area contributed by atoms with Gasteiger partial charge in [0.15, 0.2) is 11.6 Å². The third-order valence-corrected chi connectivity index (χ3v) is 10.9. The Labute approximate surface area is 329 Å². The molecule has 0 saturated heterocycles. The molecule has 57 heavy (non-hydrogen) atoms. The van der Waals surface area contributed by atoms with Crippen molar-refractivity contribution in [3.8, 4) is 50.7 Å². The molecule has 11 aromatic rings. The fourth-order valence-electron chi connectivity index (χ4n) is 8.25. The molecule has 0 fully saturated rings. The highest BCUT2D eigenvalue weighted by atomic mass is 16.3. The Morgan fingerprint density at radius 2 is 0.982 bits per heavy atom. The molecule has 3 heterocycles. The predicted molar refractivity (Wildman–Crippen MR) is 232 cm³/mol. The van der Waals surface area contributed by atoms with Gasteiger partial charge in [-0.3, -0.25) is 0 Å². The maximum Gasteiger partial charge on any atom is 0.163 e. The van der Waals surface area contributed by atoms with Gasteiger partial charge in [-0.25, -0.2) is 15.0 Å². The predicted octanol–water partition coefficient (Wildman–Crippen LogP) is 13.1. The summed E-state index contributed by atoms with van der Waals surface area (Å²) in [5.74, 6) is 2.02. The van der Waals surface area contributed by atoms with Gasteiger partial charge in [0.05, 0.1) is 11.0 Å². The van der Waals surface area contributed by atoms with Crippen LogP contribution in [-0.4, -0.2) is 19.5 Å². The van der Waals surface area contributed by atoms with Crippen molar-refractivity contribution >= 4 is 43.7 Å². The Morgan fingerprint density at radius 1 is 0.404 bits per heavy atom. The smallest absolute Gasteiger partial charge is 0.163 e. The fraction of sp³-hybridized carbons (Fsp3) is 0.0192. The summed E-state index contributed by atoms with van der Waals surface area (Å²) in [7, 11) is 0. The molecule has 0 saturated carbocycles. The van der Waals surface area contributed by atoms with Gasteiger partial charge >= 0.3 is 0 Å². The van der Waals surface area contributed by atoms with Gasteiger partial charge in [-0.1, -0.05) is 158 Å². The lowest BCUT2D eigenvalue weighted by atomic mass is 9.98. The Hall–Kier alpha value is -7.63. The Morgan fingerprint density at radius 3 is 1.79 bits per heavy atom. The quantitative estimate of drug-likeness (QED) is 0.164. The molecule has 0 amide bonds. The molecule has 268 valence electrons. The molecule has 8 aromatic carbocycles. The normalized spacial score (nSPS) is 11.6. The lowest BCUT2D eigenvalue weighted by Crippen LogP contribution is -2.06. The average Bonchev–Trinajstić information content (AvgIpc) is 3.83. The van der Waals surface area contributed by atoms with E-state index in [1.54, 1.807) is 0 Å². The van der Waals surface area contributed by atoms with E-state index in [1.165, 1.54) is 16.3 Å². The number of rotatable bonds is 7. The second-order valence-corrected chi connectivity index (χ2v) is 14.4. The zero-order valence-electron chi connectivity index (χ0n) is 30.9. The molecule has 0 atom stereocenters. The Bertz CT molecular complexity index is 3260. The van der Waals surface area contributed by atoms with E-state index in [0.717, 1.165) is 72.0 Å². The van der Waals surface area contributed by atoms with Crippen LogP contribution in [0, 0.1) is 0 Å². The minimum atomic E-state index is 0.523. The van der Waals surface area contributed by atoms with Crippen LogP contribution in [0.3, 0.4) is 0 Å². The second kappa shape index (κ2) is 13.6. The van der Waals surface area contributed by atoms with Gasteiger partial charge in [0.25, 0.3) is 0 Å². The number of para-hydroxylation sites is 3. The SMILES string of the molecule is c1ccc(-c2ccc(-c3nc(Cc4ccccc4-n4c5ccccc5c5cc(-c6cccc7oc8ccccc8c67)ccc54)nc(-c4ccccc4)n3)cc2)cc1. The standard InChI is InChI=1S/C52H34N4O/c1-3-14-34(15-4-1)35-26-28-37(29-27-35)52-54-49(53-51(55-52)36-16-5-2-6-17-36)33-39-18-7-10-22-44(39)56-45-23-11-8-19-41(45)43-32-38(30-31-46(43)56)40-21-13-25-48-50(40)42-20-9-12-24-47(42)57-48/h1-32H,33H2. The van der Waals surface area contributed by atoms with E-state index in [-0.39, 0.29) is 0 Å². The molecule has 0 N–H and O–H groups in total. The highest BCUT2D eigenvalue weighted by Gasteiger charge is 2.19. The van der Waals surface area contributed by atoms with E-state index in [2.05, 4.69) is 162 Å². The van der Waals surface area contributed by atoms with Crippen LogP contribution in [-0.2, 0) is 6.42 Å². The molecule has 0 aliphatic rings. The number of furan rings is 1. The molecule has 0 aliphatic carbocycles. The number of aromatic nitrogens is 4. The number of fused-ring (bicyclic) bond motifs is 6. The van der Waals surface area contributed by atoms with Gasteiger partial charge in [0.1, 0.15) is 17.0 Å². The van der Waals surface area contributed by atoms with Crippen LogP contribution >= 0.6 is 0 Å². The van der Waals surface area contributed by atoms with Crippen LogP contribution < -0.4 is 0 Å². The van der Waals surface area contributed by atoms with Crippen molar-refractivity contribution in [1.29, 1.82) is 0 Å². The van der Waals surface area contributed by atoms with E-state index in [4.69, 9.17) is 19.4 Å². The number of hydrogen-bond acceptors (Lipinski definition) is 4. The van der Waals surface area contributed by atoms with Crippen molar-refractivity contribution in [2.24, 2.45) is 0 Å². The Balaban J connectivity index is 1.03. The zero-order valence-corrected chi connectivity index (χ0v) is 30.9. The number of nitrogens with zero attached hydrogens (tertiary/aromatic N) is 4. The van der Waals surface area contributed by atoms with Crippen LogP contribution in [0.4, 0.5) is 0 Å². The number of hydrogen-bond donors (Lipinski definition) is 0. The third kappa shape index (κ3) is 5.76. The first kappa shape index (κ1) is 32.8. The van der Waals surface area contributed by atoms with Gasteiger partial charge in [-0.2, -0.15) is 0 Å². The largest absolute Gasteiger partial charge is 0.456 e. The molecule has 0 bridgehead atoms. The van der Waals surface area contributed by atoms with Crippen LogP contribution in [0.5, 0.6) is 0 Å². The van der Waals surface area contributed by atoms with E-state index < -0.39 is 0 Å². The van der Waals surface area contributed by atoms with Crippen LogP contribution in [0.2, 0.25) is 0 Å². The maximum absolute atomic E-state index is 6.26. The van der Waals surface area contributed by atoms with Crippen molar-refractivity contribution in [1.82, 2.24) is 19.5 Å². The van der Waals surface area contributed by atoms with Crippen LogP contribution in [0.25, 0.3) is 94.5 Å². The van der Waals surface area contributed by atoms with Crippen molar-refractivity contribution in [3.05, 3.63) is 206 Å². The third-order valence-electron chi connectivity index (χ3n) is 10.9. The lowest BCUT2D eigenvalue weighted by molar-refractivity contribution is 0.669.